The molecule has 100 valence electrons. The highest BCUT2D eigenvalue weighted by molar-refractivity contribution is 6.37. The summed E-state index contributed by atoms with van der Waals surface area (Å²) in [7, 11) is 0. The average molecular weight is 296 g/mol. The van der Waals surface area contributed by atoms with Crippen LogP contribution in [0.2, 0.25) is 10.0 Å². The number of hydrogen-bond acceptors (Lipinski definition) is 3. The Balaban J connectivity index is 2.45. The van der Waals surface area contributed by atoms with Crippen LogP contribution in [0.4, 0.5) is 5.82 Å². The lowest BCUT2D eigenvalue weighted by atomic mass is 10.1. The largest absolute Gasteiger partial charge is 0.369 e. The topological polar surface area (TPSA) is 37.8 Å². The molecule has 0 aliphatic carbocycles. The second kappa shape index (κ2) is 6.22. The summed E-state index contributed by atoms with van der Waals surface area (Å²) in [6, 6.07) is 5.56. The van der Waals surface area contributed by atoms with Crippen molar-refractivity contribution in [2.75, 3.05) is 11.9 Å². The summed E-state index contributed by atoms with van der Waals surface area (Å²) in [5.41, 5.74) is 2.58. The molecule has 2 aromatic heterocycles. The van der Waals surface area contributed by atoms with Crippen molar-refractivity contribution in [3.05, 3.63) is 40.1 Å². The smallest absolute Gasteiger partial charge is 0.145 e. The molecule has 0 aromatic carbocycles. The maximum Gasteiger partial charge on any atom is 0.145 e. The van der Waals surface area contributed by atoms with Gasteiger partial charge in [-0.25, -0.2) is 4.98 Å². The molecule has 0 spiro atoms. The van der Waals surface area contributed by atoms with Gasteiger partial charge in [0.05, 0.1) is 15.7 Å². The van der Waals surface area contributed by atoms with E-state index in [1.165, 1.54) is 0 Å². The average Bonchev–Trinajstić information content (AvgIpc) is 2.38. The minimum absolute atomic E-state index is 0.535. The highest BCUT2D eigenvalue weighted by Crippen LogP contribution is 2.32. The van der Waals surface area contributed by atoms with Gasteiger partial charge >= 0.3 is 0 Å². The van der Waals surface area contributed by atoms with E-state index in [1.807, 2.05) is 19.1 Å². The van der Waals surface area contributed by atoms with Crippen molar-refractivity contribution >= 4 is 29.0 Å². The van der Waals surface area contributed by atoms with Crippen LogP contribution in [0.25, 0.3) is 11.3 Å². The molecule has 2 rings (SSSR count). The Morgan fingerprint density at radius 1 is 1.21 bits per heavy atom. The lowest BCUT2D eigenvalue weighted by Gasteiger charge is -2.11. The quantitative estimate of drug-likeness (QED) is 0.897. The van der Waals surface area contributed by atoms with Crippen molar-refractivity contribution in [1.29, 1.82) is 0 Å². The van der Waals surface area contributed by atoms with Crippen LogP contribution >= 0.6 is 23.2 Å². The van der Waals surface area contributed by atoms with Crippen LogP contribution in [-0.4, -0.2) is 16.5 Å². The van der Waals surface area contributed by atoms with Gasteiger partial charge in [-0.05, 0) is 31.5 Å². The summed E-state index contributed by atoms with van der Waals surface area (Å²) in [5.74, 6) is 0.664. The van der Waals surface area contributed by atoms with E-state index in [0.29, 0.717) is 15.9 Å². The molecule has 0 bridgehead atoms. The minimum atomic E-state index is 0.535. The number of aryl methyl sites for hydroxylation is 1. The molecule has 19 heavy (non-hydrogen) atoms. The van der Waals surface area contributed by atoms with Crippen LogP contribution in [0.1, 0.15) is 19.0 Å². The molecule has 0 saturated carbocycles. The summed E-state index contributed by atoms with van der Waals surface area (Å²) >= 11 is 12.4. The zero-order chi connectivity index (χ0) is 13.8. The fourth-order valence-electron chi connectivity index (χ4n) is 1.73. The lowest BCUT2D eigenvalue weighted by Crippen LogP contribution is -2.03. The Hall–Kier alpha value is -1.32. The van der Waals surface area contributed by atoms with E-state index in [4.69, 9.17) is 23.2 Å². The van der Waals surface area contributed by atoms with Gasteiger partial charge in [-0.3, -0.25) is 4.98 Å². The molecular weight excluding hydrogens is 281 g/mol. The predicted molar refractivity (Wildman–Crippen MR) is 81.0 cm³/mol. The third-order valence-corrected chi connectivity index (χ3v) is 3.22. The van der Waals surface area contributed by atoms with E-state index in [2.05, 4.69) is 22.2 Å². The molecule has 0 unspecified atom stereocenters. The zero-order valence-electron chi connectivity index (χ0n) is 10.9. The van der Waals surface area contributed by atoms with E-state index >= 15 is 0 Å². The van der Waals surface area contributed by atoms with E-state index < -0.39 is 0 Å². The van der Waals surface area contributed by atoms with Gasteiger partial charge in [0.15, 0.2) is 0 Å². The van der Waals surface area contributed by atoms with Crippen molar-refractivity contribution in [2.24, 2.45) is 0 Å². The first-order chi connectivity index (χ1) is 9.11. The third-order valence-electron chi connectivity index (χ3n) is 2.64. The van der Waals surface area contributed by atoms with Crippen molar-refractivity contribution in [3.8, 4) is 11.3 Å². The van der Waals surface area contributed by atoms with Gasteiger partial charge < -0.3 is 5.32 Å². The molecule has 0 atom stereocenters. The van der Waals surface area contributed by atoms with Crippen LogP contribution in [0.15, 0.2) is 24.4 Å². The highest BCUT2D eigenvalue weighted by atomic mass is 35.5. The molecule has 0 saturated heterocycles. The maximum absolute atomic E-state index is 6.23. The number of halogens is 2. The Bertz CT molecular complexity index is 585. The van der Waals surface area contributed by atoms with Crippen LogP contribution in [-0.2, 0) is 0 Å². The number of rotatable bonds is 4. The van der Waals surface area contributed by atoms with Gasteiger partial charge in [-0.2, -0.15) is 0 Å². The van der Waals surface area contributed by atoms with E-state index in [0.717, 1.165) is 29.9 Å². The summed E-state index contributed by atoms with van der Waals surface area (Å²) < 4.78 is 0. The summed E-state index contributed by atoms with van der Waals surface area (Å²) in [6.07, 6.45) is 2.75. The van der Waals surface area contributed by atoms with E-state index in [1.54, 1.807) is 12.3 Å². The van der Waals surface area contributed by atoms with E-state index in [9.17, 15) is 0 Å². The van der Waals surface area contributed by atoms with Gasteiger partial charge in [-0.15, -0.1) is 0 Å². The normalized spacial score (nSPS) is 10.5. The first-order valence-corrected chi connectivity index (χ1v) is 6.90. The number of hydrogen-bond donors (Lipinski definition) is 1. The fourth-order valence-corrected chi connectivity index (χ4v) is 2.26. The number of nitrogens with one attached hydrogen (secondary N) is 1. The molecule has 5 heteroatoms. The van der Waals surface area contributed by atoms with Crippen LogP contribution < -0.4 is 5.32 Å². The molecule has 1 N–H and O–H groups in total. The molecule has 2 aromatic rings. The van der Waals surface area contributed by atoms with E-state index in [-0.39, 0.29) is 0 Å². The maximum atomic E-state index is 6.23. The summed E-state index contributed by atoms with van der Waals surface area (Å²) in [4.78, 5) is 8.69. The molecule has 0 amide bonds. The molecular formula is C14H15Cl2N3. The predicted octanol–water partition coefficient (Wildman–Crippen LogP) is 4.58. The third kappa shape index (κ3) is 3.37. The number of pyridine rings is 2. The number of anilines is 1. The molecule has 3 nitrogen and oxygen atoms in total. The van der Waals surface area contributed by atoms with Crippen LogP contribution in [0.5, 0.6) is 0 Å². The molecule has 0 fully saturated rings. The Morgan fingerprint density at radius 2 is 2.00 bits per heavy atom. The molecule has 0 radical (unpaired) electrons. The first kappa shape index (κ1) is 14.1. The van der Waals surface area contributed by atoms with Crippen molar-refractivity contribution in [2.45, 2.75) is 20.3 Å². The van der Waals surface area contributed by atoms with Crippen LogP contribution in [0, 0.1) is 6.92 Å². The van der Waals surface area contributed by atoms with Gasteiger partial charge in [0.2, 0.25) is 0 Å². The van der Waals surface area contributed by atoms with Gasteiger partial charge in [0.1, 0.15) is 5.82 Å². The van der Waals surface area contributed by atoms with Crippen LogP contribution in [0.3, 0.4) is 0 Å². The summed E-state index contributed by atoms with van der Waals surface area (Å²) in [5, 5.41) is 4.27. The lowest BCUT2D eigenvalue weighted by molar-refractivity contribution is 0.970. The second-order valence-corrected chi connectivity index (χ2v) is 5.08. The first-order valence-electron chi connectivity index (χ1n) is 6.14. The monoisotopic (exact) mass is 295 g/mol. The molecule has 2 heterocycles. The van der Waals surface area contributed by atoms with Crippen molar-refractivity contribution in [3.63, 3.8) is 0 Å². The number of aromatic nitrogens is 2. The molecule has 0 aliphatic heterocycles. The minimum Gasteiger partial charge on any atom is -0.369 e. The SMILES string of the molecule is CCCNc1nc(-c2ccnc(C)c2)c(Cl)cc1Cl. The van der Waals surface area contributed by atoms with Gasteiger partial charge in [0, 0.05) is 24.0 Å². The van der Waals surface area contributed by atoms with Crippen molar-refractivity contribution in [1.82, 2.24) is 9.97 Å². The highest BCUT2D eigenvalue weighted by Gasteiger charge is 2.11. The Kier molecular flexibility index (Phi) is 4.61. The van der Waals surface area contributed by atoms with Crippen molar-refractivity contribution < 1.29 is 0 Å². The zero-order valence-corrected chi connectivity index (χ0v) is 12.4. The standard InChI is InChI=1S/C14H15Cl2N3/c1-3-5-18-14-12(16)8-11(15)13(19-14)10-4-6-17-9(2)7-10/h4,6-8H,3,5H2,1-2H3,(H,18,19). The Labute approximate surface area is 123 Å². The molecule has 0 aliphatic rings. The summed E-state index contributed by atoms with van der Waals surface area (Å²) in [6.45, 7) is 4.84. The van der Waals surface area contributed by atoms with Gasteiger partial charge in [0.25, 0.3) is 0 Å². The second-order valence-electron chi connectivity index (χ2n) is 4.26. The fraction of sp³-hybridized carbons (Fsp3) is 0.286. The Morgan fingerprint density at radius 3 is 2.68 bits per heavy atom. The number of nitrogens with zero attached hydrogens (tertiary/aromatic N) is 2. The van der Waals surface area contributed by atoms with Gasteiger partial charge in [-0.1, -0.05) is 30.1 Å².